The number of rotatable bonds is 0. The fourth-order valence-corrected chi connectivity index (χ4v) is 0. The first kappa shape index (κ1) is 13.5. The summed E-state index contributed by atoms with van der Waals surface area (Å²) in [7, 11) is 14.7. The fourth-order valence-electron chi connectivity index (χ4n) is 0. The van der Waals surface area contributed by atoms with E-state index in [1.165, 1.54) is 0 Å². The summed E-state index contributed by atoms with van der Waals surface area (Å²) in [4.78, 5) is 0. The topological polar surface area (TPSA) is 89.4 Å². The molecule has 61 valence electrons. The van der Waals surface area contributed by atoms with E-state index in [2.05, 4.69) is 0 Å². The normalized spacial score (nSPS) is 11.7. The summed E-state index contributed by atoms with van der Waals surface area (Å²) in [5.74, 6) is 0. The molecule has 0 unspecified atom stereocenters. The zero-order valence-corrected chi connectivity index (χ0v) is 9.07. The Morgan fingerprint density at radius 3 is 1.11 bits per heavy atom. The van der Waals surface area contributed by atoms with Crippen LogP contribution in [0.15, 0.2) is 0 Å². The Bertz CT molecular complexity index is 52.6. The Kier molecular flexibility index (Phi) is 10.0. The van der Waals surface area contributed by atoms with Crippen LogP contribution in [0.2, 0.25) is 0 Å². The van der Waals surface area contributed by atoms with Crippen LogP contribution in [-0.2, 0) is 11.2 Å². The van der Waals surface area contributed by atoms with Gasteiger partial charge in [-0.15, -0.1) is 0 Å². The maximum absolute atomic E-state index is 8.73. The average Bonchev–Trinajstić information content (AvgIpc) is 1.19. The molecule has 0 saturated carbocycles. The van der Waals surface area contributed by atoms with Crippen LogP contribution >= 0.6 is 30.3 Å². The van der Waals surface area contributed by atoms with Crippen LogP contribution in [0.1, 0.15) is 0 Å². The van der Waals surface area contributed by atoms with Crippen molar-refractivity contribution in [3.8, 4) is 0 Å². The van der Waals surface area contributed by atoms with Gasteiger partial charge in [0.2, 0.25) is 0 Å². The van der Waals surface area contributed by atoms with Gasteiger partial charge in [0.1, 0.15) is 0 Å². The van der Waals surface area contributed by atoms with Gasteiger partial charge in [-0.1, -0.05) is 0 Å². The molecule has 0 rings (SSSR count). The molecule has 0 amide bonds. The van der Waals surface area contributed by atoms with E-state index in [9.17, 15) is 0 Å². The van der Waals surface area contributed by atoms with Crippen molar-refractivity contribution < 1.29 is 45.0 Å². The zero-order chi connectivity index (χ0) is 8.08. The Hall–Kier alpha value is 1.96. The molecule has 1 N–H and O–H groups in total. The SMILES string of the molecule is [Cl][Fe]([Cl])[Cl].[O-][I+3]([O-])([O-])O. The second kappa shape index (κ2) is 6.66. The standard InChI is InChI=1S/3ClH.Fe.HIO4/c;;;;2-1(3,4)5/h3*1H;;2H/q;;;+3;/p-3. The molecule has 0 aromatic carbocycles. The van der Waals surface area contributed by atoms with Gasteiger partial charge < -0.3 is 0 Å². The molecular formula is HCl3FeIO4. The Morgan fingerprint density at radius 2 is 1.11 bits per heavy atom. The molecule has 0 atom stereocenters. The smallest absolute Gasteiger partial charge is 0.256 e. The summed E-state index contributed by atoms with van der Waals surface area (Å²) in [5, 5.41) is 0. The molecule has 0 bridgehead atoms. The Balaban J connectivity index is 0. The molecule has 0 aromatic heterocycles. The molecule has 9 heteroatoms. The first-order valence-electron chi connectivity index (χ1n) is 1.03. The van der Waals surface area contributed by atoms with Gasteiger partial charge in [0.25, 0.3) is 0 Å². The zero-order valence-electron chi connectivity index (χ0n) is 3.54. The van der Waals surface area contributed by atoms with Gasteiger partial charge in [0.15, 0.2) is 0 Å². The van der Waals surface area contributed by atoms with Crippen LogP contribution in [0, 0.1) is 0 Å². The van der Waals surface area contributed by atoms with Crippen LogP contribution in [0.3, 0.4) is 0 Å². The van der Waals surface area contributed by atoms with Gasteiger partial charge in [-0.2, -0.15) is 0 Å². The van der Waals surface area contributed by atoms with E-state index in [-0.39, 0.29) is 0 Å². The van der Waals surface area contributed by atoms with Crippen LogP contribution in [-0.4, -0.2) is 3.44 Å². The van der Waals surface area contributed by atoms with Crippen LogP contribution in [0.25, 0.3) is 0 Å². The molecule has 4 nitrogen and oxygen atoms in total. The molecule has 0 fully saturated rings. The molecule has 0 radical (unpaired) electrons. The van der Waals surface area contributed by atoms with Gasteiger partial charge in [0, 0.05) is 3.44 Å². The third-order valence-electron chi connectivity index (χ3n) is 0. The van der Waals surface area contributed by atoms with Gasteiger partial charge in [-0.25, -0.2) is 0 Å². The third-order valence-corrected chi connectivity index (χ3v) is 0. The second-order valence-corrected chi connectivity index (χ2v) is 8.28. The van der Waals surface area contributed by atoms with E-state index in [1.54, 1.807) is 0 Å². The quantitative estimate of drug-likeness (QED) is 0.348. The van der Waals surface area contributed by atoms with Crippen LogP contribution in [0.4, 0.5) is 0 Å². The molecule has 0 aromatic rings. The summed E-state index contributed by atoms with van der Waals surface area (Å²) in [6.07, 6.45) is 0. The molecule has 0 heterocycles. The van der Waals surface area contributed by atoms with Crippen LogP contribution < -0.4 is 30.4 Å². The second-order valence-electron chi connectivity index (χ2n) is 0.548. The summed E-state index contributed by atoms with van der Waals surface area (Å²) in [6.45, 7) is 0. The minimum Gasteiger partial charge on any atom is -0.256 e. The minimum absolute atomic E-state index is 1.33. The van der Waals surface area contributed by atoms with Crippen molar-refractivity contribution in [3.05, 3.63) is 0 Å². The summed E-state index contributed by atoms with van der Waals surface area (Å²) >= 11 is -7.02. The maximum atomic E-state index is 8.73. The van der Waals surface area contributed by atoms with Gasteiger partial charge in [0.05, 0.1) is 0 Å². The van der Waals surface area contributed by atoms with E-state index >= 15 is 0 Å². The first-order valence-corrected chi connectivity index (χ1v) is 9.20. The van der Waals surface area contributed by atoms with E-state index in [0.717, 1.165) is 0 Å². The average molecular weight is 354 g/mol. The summed E-state index contributed by atoms with van der Waals surface area (Å²) < 4.78 is 33.2. The Labute approximate surface area is 74.6 Å². The predicted molar refractivity (Wildman–Crippen MR) is 19.8 cm³/mol. The summed E-state index contributed by atoms with van der Waals surface area (Å²) in [5.41, 5.74) is 0. The Morgan fingerprint density at radius 1 is 1.11 bits per heavy atom. The van der Waals surface area contributed by atoms with E-state index in [4.69, 9.17) is 44.0 Å². The maximum Gasteiger partial charge on any atom is 0.368 e. The molecule has 0 spiro atoms. The van der Waals surface area contributed by atoms with Crippen molar-refractivity contribution in [1.29, 1.82) is 0 Å². The molecule has 0 saturated heterocycles. The third kappa shape index (κ3) is 164. The van der Waals surface area contributed by atoms with Gasteiger partial charge >= 0.3 is 61.6 Å². The summed E-state index contributed by atoms with van der Waals surface area (Å²) in [6, 6.07) is 0. The van der Waals surface area contributed by atoms with Crippen molar-refractivity contribution in [3.63, 3.8) is 0 Å². The fraction of sp³-hybridized carbons (Fsp3) is 0. The van der Waals surface area contributed by atoms with Crippen molar-refractivity contribution in [2.24, 2.45) is 0 Å². The molecule has 9 heavy (non-hydrogen) atoms. The van der Waals surface area contributed by atoms with E-state index in [1.807, 2.05) is 0 Å². The first-order chi connectivity index (χ1) is 3.73. The number of hydrogen-bond acceptors (Lipinski definition) is 4. The minimum atomic E-state index is -5.69. The monoisotopic (exact) mass is 353 g/mol. The molecule has 0 aliphatic rings. The van der Waals surface area contributed by atoms with Crippen molar-refractivity contribution >= 4 is 30.3 Å². The van der Waals surface area contributed by atoms with Gasteiger partial charge in [-0.05, 0) is 0 Å². The number of hydrogen-bond donors (Lipinski definition) is 1. The predicted octanol–water partition coefficient (Wildman–Crippen LogP) is -5.05. The van der Waals surface area contributed by atoms with Crippen molar-refractivity contribution in [2.75, 3.05) is 0 Å². The molecule has 0 aliphatic heterocycles. The van der Waals surface area contributed by atoms with E-state index < -0.39 is 31.3 Å². The van der Waals surface area contributed by atoms with Crippen molar-refractivity contribution in [1.82, 2.24) is 0 Å². The number of halogens is 4. The van der Waals surface area contributed by atoms with Gasteiger partial charge in [-0.3, -0.25) is 10.3 Å². The van der Waals surface area contributed by atoms with Crippen molar-refractivity contribution in [2.45, 2.75) is 0 Å². The van der Waals surface area contributed by atoms with E-state index in [0.29, 0.717) is 0 Å². The molecular weight excluding hydrogens is 353 g/mol. The molecule has 0 aliphatic carbocycles. The largest absolute Gasteiger partial charge is 0.368 e. The van der Waals surface area contributed by atoms with Crippen LogP contribution in [0.5, 0.6) is 0 Å².